The Balaban J connectivity index is 2.63. The molecule has 0 N–H and O–H groups in total. The number of ether oxygens (including phenoxy) is 1. The maximum atomic E-state index is 12.7. The van der Waals surface area contributed by atoms with Crippen LogP contribution in [0.2, 0.25) is 0 Å². The van der Waals surface area contributed by atoms with Crippen molar-refractivity contribution in [2.24, 2.45) is 0 Å². The fourth-order valence-electron chi connectivity index (χ4n) is 1.94. The zero-order valence-corrected chi connectivity index (χ0v) is 14.1. The van der Waals surface area contributed by atoms with Gasteiger partial charge in [0.15, 0.2) is 0 Å². The van der Waals surface area contributed by atoms with Crippen molar-refractivity contribution in [3.63, 3.8) is 0 Å². The van der Waals surface area contributed by atoms with Crippen molar-refractivity contribution in [3.8, 4) is 17.0 Å². The molecule has 0 aliphatic rings. The van der Waals surface area contributed by atoms with E-state index in [9.17, 15) is 13.6 Å². The Hall–Kier alpha value is -1.21. The smallest absolute Gasteiger partial charge is 0.265 e. The molecule has 1 aromatic carbocycles. The zero-order chi connectivity index (χ0) is 15.6. The first-order valence-electron chi connectivity index (χ1n) is 5.95. The molecule has 1 aromatic heterocycles. The molecule has 0 aliphatic heterocycles. The van der Waals surface area contributed by atoms with E-state index in [2.05, 4.69) is 31.9 Å². The van der Waals surface area contributed by atoms with Crippen LogP contribution in [-0.4, -0.2) is 18.1 Å². The van der Waals surface area contributed by atoms with Crippen LogP contribution in [0, 0.1) is 0 Å². The third-order valence-electron chi connectivity index (χ3n) is 2.90. The van der Waals surface area contributed by atoms with Gasteiger partial charge >= 0.3 is 0 Å². The molecule has 0 saturated heterocycles. The molecule has 2 aromatic rings. The SMILES string of the molecule is COc1ccc(-c2ccc(Br)c(=O)n2CC(F)F)c(Br)c1. The minimum Gasteiger partial charge on any atom is -0.497 e. The lowest BCUT2D eigenvalue weighted by Gasteiger charge is -2.15. The average Bonchev–Trinajstić information content (AvgIpc) is 2.44. The molecule has 2 rings (SSSR count). The summed E-state index contributed by atoms with van der Waals surface area (Å²) in [5.41, 5.74) is 0.564. The normalized spacial score (nSPS) is 11.0. The first-order chi connectivity index (χ1) is 9.93. The Kier molecular flexibility index (Phi) is 5.16. The summed E-state index contributed by atoms with van der Waals surface area (Å²) < 4.78 is 32.5. The van der Waals surface area contributed by atoms with Gasteiger partial charge < -0.3 is 9.30 Å². The highest BCUT2D eigenvalue weighted by atomic mass is 79.9. The van der Waals surface area contributed by atoms with E-state index in [1.165, 1.54) is 7.11 Å². The summed E-state index contributed by atoms with van der Waals surface area (Å²) in [6.07, 6.45) is -2.62. The van der Waals surface area contributed by atoms with Crippen molar-refractivity contribution in [1.82, 2.24) is 4.57 Å². The Labute approximate surface area is 136 Å². The molecule has 0 amide bonds. The molecule has 0 bridgehead atoms. The maximum absolute atomic E-state index is 12.7. The van der Waals surface area contributed by atoms with Gasteiger partial charge in [-0.25, -0.2) is 8.78 Å². The number of rotatable bonds is 4. The van der Waals surface area contributed by atoms with Gasteiger partial charge in [0, 0.05) is 10.0 Å². The van der Waals surface area contributed by atoms with Gasteiger partial charge in [-0.15, -0.1) is 0 Å². The van der Waals surface area contributed by atoms with Crippen LogP contribution in [0.1, 0.15) is 0 Å². The number of alkyl halides is 2. The first-order valence-corrected chi connectivity index (χ1v) is 7.54. The van der Waals surface area contributed by atoms with E-state index in [0.717, 1.165) is 4.57 Å². The largest absolute Gasteiger partial charge is 0.497 e. The second-order valence-corrected chi connectivity index (χ2v) is 5.93. The molecule has 0 atom stereocenters. The quantitative estimate of drug-likeness (QED) is 0.734. The van der Waals surface area contributed by atoms with Gasteiger partial charge in [0.2, 0.25) is 0 Å². The topological polar surface area (TPSA) is 31.2 Å². The van der Waals surface area contributed by atoms with E-state index >= 15 is 0 Å². The minimum atomic E-state index is -2.62. The van der Waals surface area contributed by atoms with Gasteiger partial charge in [0.1, 0.15) is 5.75 Å². The Morgan fingerprint density at radius 2 is 1.90 bits per heavy atom. The summed E-state index contributed by atoms with van der Waals surface area (Å²) in [4.78, 5) is 12.1. The summed E-state index contributed by atoms with van der Waals surface area (Å²) in [5, 5.41) is 0. The van der Waals surface area contributed by atoms with Crippen LogP contribution in [-0.2, 0) is 6.54 Å². The van der Waals surface area contributed by atoms with Crippen LogP contribution in [0.3, 0.4) is 0 Å². The summed E-state index contributed by atoms with van der Waals surface area (Å²) >= 11 is 6.45. The lowest BCUT2D eigenvalue weighted by atomic mass is 10.1. The highest BCUT2D eigenvalue weighted by Gasteiger charge is 2.15. The molecule has 1 heterocycles. The van der Waals surface area contributed by atoms with E-state index in [4.69, 9.17) is 4.74 Å². The van der Waals surface area contributed by atoms with Crippen LogP contribution in [0.4, 0.5) is 8.78 Å². The van der Waals surface area contributed by atoms with Crippen molar-refractivity contribution in [2.45, 2.75) is 13.0 Å². The van der Waals surface area contributed by atoms with Crippen LogP contribution < -0.4 is 10.3 Å². The second-order valence-electron chi connectivity index (χ2n) is 4.22. The van der Waals surface area contributed by atoms with E-state index in [-0.39, 0.29) is 4.47 Å². The lowest BCUT2D eigenvalue weighted by Crippen LogP contribution is -2.25. The van der Waals surface area contributed by atoms with Crippen molar-refractivity contribution in [2.75, 3.05) is 7.11 Å². The first kappa shape index (κ1) is 16.2. The minimum absolute atomic E-state index is 0.247. The Bertz CT molecular complexity index is 717. The molecule has 0 saturated carbocycles. The van der Waals surface area contributed by atoms with Gasteiger partial charge in [0.05, 0.1) is 23.8 Å². The van der Waals surface area contributed by atoms with Gasteiger partial charge in [-0.3, -0.25) is 4.79 Å². The number of nitrogens with zero attached hydrogens (tertiary/aromatic N) is 1. The Morgan fingerprint density at radius 1 is 1.19 bits per heavy atom. The standard InChI is InChI=1S/C14H11Br2F2NO2/c1-21-8-2-3-9(11(16)6-8)12-5-4-10(15)14(20)19(12)7-13(17)18/h2-6,13H,7H2,1H3. The van der Waals surface area contributed by atoms with Crippen LogP contribution in [0.25, 0.3) is 11.3 Å². The van der Waals surface area contributed by atoms with Gasteiger partial charge in [0.25, 0.3) is 12.0 Å². The predicted octanol–water partition coefficient (Wildman–Crippen LogP) is 4.31. The van der Waals surface area contributed by atoms with Crippen molar-refractivity contribution < 1.29 is 13.5 Å². The fourth-order valence-corrected chi connectivity index (χ4v) is 2.84. The van der Waals surface area contributed by atoms with Crippen molar-refractivity contribution >= 4 is 31.9 Å². The average molecular weight is 423 g/mol. The zero-order valence-electron chi connectivity index (χ0n) is 10.9. The molecule has 112 valence electrons. The molecule has 21 heavy (non-hydrogen) atoms. The molecule has 0 fully saturated rings. The molecular weight excluding hydrogens is 412 g/mol. The van der Waals surface area contributed by atoms with Gasteiger partial charge in [-0.1, -0.05) is 0 Å². The number of hydrogen-bond donors (Lipinski definition) is 0. The van der Waals surface area contributed by atoms with Crippen LogP contribution in [0.15, 0.2) is 44.1 Å². The number of halogens is 4. The number of benzene rings is 1. The molecular formula is C14H11Br2F2NO2. The molecule has 7 heteroatoms. The second kappa shape index (κ2) is 6.70. The maximum Gasteiger partial charge on any atom is 0.265 e. The number of aromatic nitrogens is 1. The Morgan fingerprint density at radius 3 is 2.48 bits per heavy atom. The number of methoxy groups -OCH3 is 1. The highest BCUT2D eigenvalue weighted by Crippen LogP contribution is 2.31. The van der Waals surface area contributed by atoms with E-state index in [1.54, 1.807) is 30.3 Å². The lowest BCUT2D eigenvalue weighted by molar-refractivity contribution is 0.126. The molecule has 0 spiro atoms. The van der Waals surface area contributed by atoms with Crippen LogP contribution in [0.5, 0.6) is 5.75 Å². The fraction of sp³-hybridized carbons (Fsp3) is 0.214. The van der Waals surface area contributed by atoms with E-state index in [0.29, 0.717) is 21.5 Å². The van der Waals surface area contributed by atoms with Crippen LogP contribution >= 0.6 is 31.9 Å². The monoisotopic (exact) mass is 421 g/mol. The molecule has 0 unspecified atom stereocenters. The summed E-state index contributed by atoms with van der Waals surface area (Å²) in [6, 6.07) is 8.32. The van der Waals surface area contributed by atoms with Crippen molar-refractivity contribution in [1.29, 1.82) is 0 Å². The summed E-state index contributed by atoms with van der Waals surface area (Å²) in [5.74, 6) is 0.630. The van der Waals surface area contributed by atoms with Crippen molar-refractivity contribution in [3.05, 3.63) is 49.6 Å². The number of pyridine rings is 1. The van der Waals surface area contributed by atoms with E-state index < -0.39 is 18.5 Å². The third-order valence-corrected chi connectivity index (χ3v) is 4.16. The molecule has 3 nitrogen and oxygen atoms in total. The number of hydrogen-bond acceptors (Lipinski definition) is 2. The molecule has 0 radical (unpaired) electrons. The van der Waals surface area contributed by atoms with Gasteiger partial charge in [-0.2, -0.15) is 0 Å². The summed E-state index contributed by atoms with van der Waals surface area (Å²) in [7, 11) is 1.54. The highest BCUT2D eigenvalue weighted by molar-refractivity contribution is 9.10. The van der Waals surface area contributed by atoms with E-state index in [1.807, 2.05) is 0 Å². The van der Waals surface area contributed by atoms with Gasteiger partial charge in [-0.05, 0) is 62.2 Å². The predicted molar refractivity (Wildman–Crippen MR) is 84.1 cm³/mol. The summed E-state index contributed by atoms with van der Waals surface area (Å²) in [6.45, 7) is -0.661. The molecule has 0 aliphatic carbocycles. The third kappa shape index (κ3) is 3.52.